The number of para-hydroxylation sites is 1. The summed E-state index contributed by atoms with van der Waals surface area (Å²) < 4.78 is 25.8. The highest BCUT2D eigenvalue weighted by molar-refractivity contribution is 7.92. The van der Waals surface area contributed by atoms with Crippen LogP contribution < -0.4 is 14.9 Å². The number of anilines is 2. The second kappa shape index (κ2) is 11.3. The maximum Gasteiger partial charge on any atom is 0.253 e. The van der Waals surface area contributed by atoms with Gasteiger partial charge in [0.1, 0.15) is 0 Å². The van der Waals surface area contributed by atoms with E-state index in [0.29, 0.717) is 29.9 Å². The van der Waals surface area contributed by atoms with Crippen molar-refractivity contribution in [2.45, 2.75) is 26.2 Å². The third-order valence-electron chi connectivity index (χ3n) is 4.65. The monoisotopic (exact) mass is 443 g/mol. The average Bonchev–Trinajstić information content (AvgIpc) is 2.74. The molecule has 0 heterocycles. The third-order valence-corrected chi connectivity index (χ3v) is 5.84. The molecule has 0 unspecified atom stereocenters. The van der Waals surface area contributed by atoms with Crippen LogP contribution in [0.25, 0.3) is 0 Å². The predicted molar refractivity (Wildman–Crippen MR) is 125 cm³/mol. The minimum absolute atomic E-state index is 0.113. The van der Waals surface area contributed by atoms with Gasteiger partial charge in [-0.1, -0.05) is 37.3 Å². The number of carbonyl (C=O) groups excluding carboxylic acids is 2. The molecular weight excluding hydrogens is 414 g/mol. The number of carbonyl (C=O) groups is 2. The zero-order valence-corrected chi connectivity index (χ0v) is 18.7. The van der Waals surface area contributed by atoms with Gasteiger partial charge >= 0.3 is 0 Å². The van der Waals surface area contributed by atoms with Crippen LogP contribution in [0.2, 0.25) is 0 Å². The van der Waals surface area contributed by atoms with Crippen molar-refractivity contribution >= 4 is 33.2 Å². The first-order chi connectivity index (χ1) is 14.8. The predicted octanol–water partition coefficient (Wildman–Crippen LogP) is 3.35. The molecule has 0 atom stereocenters. The van der Waals surface area contributed by atoms with Gasteiger partial charge in [0.2, 0.25) is 15.9 Å². The molecule has 0 saturated carbocycles. The Hall–Kier alpha value is -3.13. The fraction of sp³-hybridized carbons (Fsp3) is 0.304. The molecule has 31 heavy (non-hydrogen) atoms. The van der Waals surface area contributed by atoms with Crippen LogP contribution in [0.5, 0.6) is 0 Å². The minimum atomic E-state index is -3.48. The SMILES string of the molecule is C=CCNC(=O)c1ccccc1NC(=O)CCCN(c1ccc(CC)cc1)S(C)(=O)=O. The number of hydrogen-bond donors (Lipinski definition) is 2. The molecule has 2 N–H and O–H groups in total. The molecule has 7 nitrogen and oxygen atoms in total. The Kier molecular flexibility index (Phi) is 8.81. The normalized spacial score (nSPS) is 10.9. The quantitative estimate of drug-likeness (QED) is 0.521. The average molecular weight is 444 g/mol. The summed E-state index contributed by atoms with van der Waals surface area (Å²) in [6.45, 7) is 6.09. The van der Waals surface area contributed by atoms with E-state index in [0.717, 1.165) is 18.2 Å². The van der Waals surface area contributed by atoms with Crippen molar-refractivity contribution in [1.29, 1.82) is 0 Å². The standard InChI is InChI=1S/C23H29N3O4S/c1-4-16-24-23(28)20-9-6-7-10-21(20)25-22(27)11-8-17-26(31(3,29)30)19-14-12-18(5-2)13-15-19/h4,6-7,9-10,12-15H,1,5,8,11,16-17H2,2-3H3,(H,24,28)(H,25,27). The molecule has 8 heteroatoms. The number of aryl methyl sites for hydroxylation is 1. The molecule has 2 aromatic carbocycles. The number of amides is 2. The molecule has 2 aromatic rings. The molecule has 0 aromatic heterocycles. The van der Waals surface area contributed by atoms with E-state index < -0.39 is 10.0 Å². The highest BCUT2D eigenvalue weighted by atomic mass is 32.2. The van der Waals surface area contributed by atoms with Crippen LogP contribution in [0, 0.1) is 0 Å². The van der Waals surface area contributed by atoms with Gasteiger partial charge in [-0.05, 0) is 42.7 Å². The second-order valence-corrected chi connectivity index (χ2v) is 8.96. The Morgan fingerprint density at radius 2 is 1.77 bits per heavy atom. The largest absolute Gasteiger partial charge is 0.349 e. The van der Waals surface area contributed by atoms with Crippen LogP contribution in [-0.2, 0) is 21.2 Å². The number of sulfonamides is 1. The highest BCUT2D eigenvalue weighted by Gasteiger charge is 2.18. The fourth-order valence-corrected chi connectivity index (χ4v) is 4.00. The lowest BCUT2D eigenvalue weighted by molar-refractivity contribution is -0.116. The summed E-state index contributed by atoms with van der Waals surface area (Å²) in [5.74, 6) is -0.603. The van der Waals surface area contributed by atoms with Crippen molar-refractivity contribution in [2.24, 2.45) is 0 Å². The summed E-state index contributed by atoms with van der Waals surface area (Å²) in [5, 5.41) is 5.42. The Morgan fingerprint density at radius 3 is 2.39 bits per heavy atom. The zero-order chi connectivity index (χ0) is 22.9. The fourth-order valence-electron chi connectivity index (χ4n) is 3.03. The minimum Gasteiger partial charge on any atom is -0.349 e. The molecular formula is C23H29N3O4S. The first-order valence-corrected chi connectivity index (χ1v) is 12.0. The maximum absolute atomic E-state index is 12.4. The summed E-state index contributed by atoms with van der Waals surface area (Å²) in [7, 11) is -3.48. The van der Waals surface area contributed by atoms with Crippen molar-refractivity contribution < 1.29 is 18.0 Å². The molecule has 0 radical (unpaired) electrons. The number of rotatable bonds is 11. The molecule has 0 aliphatic rings. The van der Waals surface area contributed by atoms with Gasteiger partial charge in [-0.2, -0.15) is 0 Å². The van der Waals surface area contributed by atoms with Gasteiger partial charge in [0.05, 0.1) is 23.2 Å². The van der Waals surface area contributed by atoms with E-state index in [1.54, 1.807) is 42.5 Å². The van der Waals surface area contributed by atoms with Crippen LogP contribution in [0.3, 0.4) is 0 Å². The number of nitrogens with zero attached hydrogens (tertiary/aromatic N) is 1. The first kappa shape index (κ1) is 24.1. The Morgan fingerprint density at radius 1 is 1.10 bits per heavy atom. The molecule has 2 rings (SSSR count). The topological polar surface area (TPSA) is 95.6 Å². The van der Waals surface area contributed by atoms with Gasteiger partial charge in [-0.15, -0.1) is 6.58 Å². The lowest BCUT2D eigenvalue weighted by Gasteiger charge is -2.22. The smallest absolute Gasteiger partial charge is 0.253 e. The Balaban J connectivity index is 2.00. The van der Waals surface area contributed by atoms with Crippen LogP contribution in [-0.4, -0.2) is 39.6 Å². The van der Waals surface area contributed by atoms with Crippen molar-refractivity contribution in [3.8, 4) is 0 Å². The van der Waals surface area contributed by atoms with Crippen LogP contribution in [0.15, 0.2) is 61.2 Å². The van der Waals surface area contributed by atoms with E-state index in [9.17, 15) is 18.0 Å². The molecule has 0 bridgehead atoms. The van der Waals surface area contributed by atoms with Gasteiger partial charge in [-0.3, -0.25) is 13.9 Å². The maximum atomic E-state index is 12.4. The molecule has 0 spiro atoms. The molecule has 0 aliphatic heterocycles. The summed E-state index contributed by atoms with van der Waals surface area (Å²) in [6, 6.07) is 14.1. The van der Waals surface area contributed by atoms with Gasteiger partial charge in [0.15, 0.2) is 0 Å². The van der Waals surface area contributed by atoms with Crippen LogP contribution >= 0.6 is 0 Å². The lowest BCUT2D eigenvalue weighted by Crippen LogP contribution is -2.31. The van der Waals surface area contributed by atoms with Gasteiger partial charge < -0.3 is 10.6 Å². The van der Waals surface area contributed by atoms with Gasteiger partial charge in [-0.25, -0.2) is 8.42 Å². The van der Waals surface area contributed by atoms with Crippen molar-refractivity contribution in [3.05, 3.63) is 72.3 Å². The molecule has 166 valence electrons. The van der Waals surface area contributed by atoms with Gasteiger partial charge in [0.25, 0.3) is 5.91 Å². The second-order valence-electron chi connectivity index (χ2n) is 7.05. The van der Waals surface area contributed by atoms with Gasteiger partial charge in [0, 0.05) is 19.5 Å². The molecule has 0 aliphatic carbocycles. The van der Waals surface area contributed by atoms with Crippen molar-refractivity contribution in [2.75, 3.05) is 29.0 Å². The van der Waals surface area contributed by atoms with E-state index in [-0.39, 0.29) is 24.8 Å². The van der Waals surface area contributed by atoms with E-state index >= 15 is 0 Å². The molecule has 2 amide bonds. The number of hydrogen-bond acceptors (Lipinski definition) is 4. The highest BCUT2D eigenvalue weighted by Crippen LogP contribution is 2.20. The molecule has 0 saturated heterocycles. The Labute approximate surface area is 184 Å². The Bertz CT molecular complexity index is 1020. The summed E-state index contributed by atoms with van der Waals surface area (Å²) in [5.41, 5.74) is 2.45. The van der Waals surface area contributed by atoms with Crippen LogP contribution in [0.4, 0.5) is 11.4 Å². The lowest BCUT2D eigenvalue weighted by atomic mass is 10.1. The number of benzene rings is 2. The summed E-state index contributed by atoms with van der Waals surface area (Å²) in [6.07, 6.45) is 4.04. The summed E-state index contributed by atoms with van der Waals surface area (Å²) >= 11 is 0. The summed E-state index contributed by atoms with van der Waals surface area (Å²) in [4.78, 5) is 24.7. The number of nitrogens with one attached hydrogen (secondary N) is 2. The van der Waals surface area contributed by atoms with Crippen molar-refractivity contribution in [3.63, 3.8) is 0 Å². The third kappa shape index (κ3) is 7.25. The van der Waals surface area contributed by atoms with E-state index in [1.165, 1.54) is 4.31 Å². The molecule has 0 fully saturated rings. The van der Waals surface area contributed by atoms with E-state index in [2.05, 4.69) is 17.2 Å². The zero-order valence-electron chi connectivity index (χ0n) is 17.9. The van der Waals surface area contributed by atoms with Crippen LogP contribution in [0.1, 0.15) is 35.7 Å². The van der Waals surface area contributed by atoms with Crippen molar-refractivity contribution in [1.82, 2.24) is 5.32 Å². The van der Waals surface area contributed by atoms with E-state index in [4.69, 9.17) is 0 Å². The first-order valence-electron chi connectivity index (χ1n) is 10.1. The van der Waals surface area contributed by atoms with E-state index in [1.807, 2.05) is 19.1 Å².